The van der Waals surface area contributed by atoms with Crippen LogP contribution in [0.1, 0.15) is 6.42 Å². The van der Waals surface area contributed by atoms with E-state index in [9.17, 15) is 9.59 Å². The monoisotopic (exact) mass is 301 g/mol. The van der Waals surface area contributed by atoms with Gasteiger partial charge in [0.1, 0.15) is 0 Å². The van der Waals surface area contributed by atoms with Crippen LogP contribution in [-0.2, 0) is 9.59 Å². The van der Waals surface area contributed by atoms with Crippen molar-refractivity contribution in [3.63, 3.8) is 0 Å². The van der Waals surface area contributed by atoms with E-state index in [1.165, 1.54) is 4.90 Å². The van der Waals surface area contributed by atoms with Crippen molar-refractivity contribution in [3.8, 4) is 0 Å². The van der Waals surface area contributed by atoms with Gasteiger partial charge in [-0.3, -0.25) is 14.6 Å². The number of carbonyl (C=O) groups excluding carboxylic acids is 2. The summed E-state index contributed by atoms with van der Waals surface area (Å²) in [5.74, 6) is -1.27. The molecule has 116 valence electrons. The predicted octanol–water partition coefficient (Wildman–Crippen LogP) is -0.176. The van der Waals surface area contributed by atoms with Crippen molar-refractivity contribution in [2.24, 2.45) is 0 Å². The first-order valence-corrected chi connectivity index (χ1v) is 7.30. The molecule has 0 fully saturated rings. The van der Waals surface area contributed by atoms with Crippen LogP contribution in [-0.4, -0.2) is 44.0 Å². The molecular formula is C16H21N4O2+. The molecule has 0 unspecified atom stereocenters. The minimum Gasteiger partial charge on any atom is -0.348 e. The van der Waals surface area contributed by atoms with Crippen molar-refractivity contribution < 1.29 is 14.5 Å². The van der Waals surface area contributed by atoms with Gasteiger partial charge in [-0.25, -0.2) is 0 Å². The quantitative estimate of drug-likeness (QED) is 0.530. The molecule has 3 N–H and O–H groups in total. The van der Waals surface area contributed by atoms with Crippen LogP contribution in [0.5, 0.6) is 0 Å². The molecule has 0 aliphatic carbocycles. The third-order valence-corrected chi connectivity index (χ3v) is 3.24. The molecule has 0 bridgehead atoms. The summed E-state index contributed by atoms with van der Waals surface area (Å²) in [7, 11) is 4.09. The highest BCUT2D eigenvalue weighted by Gasteiger charge is 2.14. The Balaban J connectivity index is 1.94. The Bertz CT molecular complexity index is 665. The van der Waals surface area contributed by atoms with E-state index in [-0.39, 0.29) is 0 Å². The Hall–Kier alpha value is -2.47. The van der Waals surface area contributed by atoms with Crippen molar-refractivity contribution in [2.45, 2.75) is 6.42 Å². The number of hydrogen-bond acceptors (Lipinski definition) is 3. The van der Waals surface area contributed by atoms with Crippen LogP contribution in [0.15, 0.2) is 36.5 Å². The van der Waals surface area contributed by atoms with Crippen LogP contribution < -0.4 is 15.5 Å². The fourth-order valence-electron chi connectivity index (χ4n) is 2.12. The Kier molecular flexibility index (Phi) is 5.43. The molecule has 1 aromatic heterocycles. The van der Waals surface area contributed by atoms with Crippen molar-refractivity contribution in [3.05, 3.63) is 36.5 Å². The molecule has 0 aliphatic heterocycles. The van der Waals surface area contributed by atoms with Crippen molar-refractivity contribution in [1.29, 1.82) is 0 Å². The lowest BCUT2D eigenvalue weighted by atomic mass is 10.2. The zero-order valence-electron chi connectivity index (χ0n) is 12.8. The third kappa shape index (κ3) is 4.26. The number of anilines is 1. The number of rotatable bonds is 5. The number of hydrogen-bond donors (Lipinski definition) is 3. The summed E-state index contributed by atoms with van der Waals surface area (Å²) in [6.07, 6.45) is 2.52. The Labute approximate surface area is 129 Å². The van der Waals surface area contributed by atoms with Gasteiger partial charge in [0, 0.05) is 24.5 Å². The lowest BCUT2D eigenvalue weighted by molar-refractivity contribution is -0.858. The summed E-state index contributed by atoms with van der Waals surface area (Å²) in [6.45, 7) is 1.44. The maximum Gasteiger partial charge on any atom is 0.313 e. The molecule has 0 radical (unpaired) electrons. The Morgan fingerprint density at radius 2 is 1.95 bits per heavy atom. The van der Waals surface area contributed by atoms with Crippen molar-refractivity contribution in [1.82, 2.24) is 10.3 Å². The van der Waals surface area contributed by atoms with Crippen LogP contribution >= 0.6 is 0 Å². The highest BCUT2D eigenvalue weighted by Crippen LogP contribution is 2.20. The molecule has 22 heavy (non-hydrogen) atoms. The number of nitrogens with one attached hydrogen (secondary N) is 3. The fourth-order valence-corrected chi connectivity index (χ4v) is 2.12. The van der Waals surface area contributed by atoms with E-state index in [1.54, 1.807) is 24.4 Å². The summed E-state index contributed by atoms with van der Waals surface area (Å²) in [6, 6.07) is 9.05. The number of aromatic nitrogens is 1. The van der Waals surface area contributed by atoms with Crippen molar-refractivity contribution >= 4 is 28.4 Å². The van der Waals surface area contributed by atoms with E-state index in [0.717, 1.165) is 23.9 Å². The topological polar surface area (TPSA) is 75.5 Å². The van der Waals surface area contributed by atoms with Crippen LogP contribution in [0.3, 0.4) is 0 Å². The van der Waals surface area contributed by atoms with Gasteiger partial charge in [0.05, 0.1) is 31.8 Å². The molecule has 2 rings (SSSR count). The van der Waals surface area contributed by atoms with Gasteiger partial charge in [-0.15, -0.1) is 0 Å². The zero-order valence-corrected chi connectivity index (χ0v) is 12.8. The summed E-state index contributed by atoms with van der Waals surface area (Å²) >= 11 is 0. The molecule has 0 spiro atoms. The highest BCUT2D eigenvalue weighted by atomic mass is 16.2. The minimum atomic E-state index is -0.659. The van der Waals surface area contributed by atoms with E-state index in [2.05, 4.69) is 15.6 Å². The maximum absolute atomic E-state index is 11.9. The number of amides is 2. The van der Waals surface area contributed by atoms with Gasteiger partial charge in [-0.2, -0.15) is 0 Å². The van der Waals surface area contributed by atoms with Crippen LogP contribution in [0.25, 0.3) is 10.9 Å². The normalized spacial score (nSPS) is 10.7. The van der Waals surface area contributed by atoms with Crippen LogP contribution in [0, 0.1) is 0 Å². The van der Waals surface area contributed by atoms with E-state index in [1.807, 2.05) is 26.2 Å². The molecular weight excluding hydrogens is 280 g/mol. The number of quaternary nitrogens is 1. The molecule has 6 nitrogen and oxygen atoms in total. The van der Waals surface area contributed by atoms with Crippen molar-refractivity contribution in [2.75, 3.05) is 32.5 Å². The second-order valence-electron chi connectivity index (χ2n) is 5.40. The minimum absolute atomic E-state index is 0.495. The highest BCUT2D eigenvalue weighted by molar-refractivity contribution is 6.40. The number of fused-ring (bicyclic) bond motifs is 1. The average molecular weight is 301 g/mol. The van der Waals surface area contributed by atoms with Gasteiger partial charge in [-0.05, 0) is 24.3 Å². The summed E-state index contributed by atoms with van der Waals surface area (Å²) < 4.78 is 0. The largest absolute Gasteiger partial charge is 0.348 e. The van der Waals surface area contributed by atoms with Crippen LogP contribution in [0.4, 0.5) is 5.69 Å². The van der Waals surface area contributed by atoms with Gasteiger partial charge >= 0.3 is 11.8 Å². The first-order valence-electron chi connectivity index (χ1n) is 7.30. The van der Waals surface area contributed by atoms with Gasteiger partial charge in [0.2, 0.25) is 0 Å². The Morgan fingerprint density at radius 1 is 1.14 bits per heavy atom. The molecule has 0 saturated heterocycles. The molecule has 6 heteroatoms. The second-order valence-corrected chi connectivity index (χ2v) is 5.40. The summed E-state index contributed by atoms with van der Waals surface area (Å²) in [5, 5.41) is 6.07. The lowest BCUT2D eigenvalue weighted by Gasteiger charge is -2.09. The second kappa shape index (κ2) is 7.51. The molecule has 1 heterocycles. The fraction of sp³-hybridized carbons (Fsp3) is 0.312. The van der Waals surface area contributed by atoms with E-state index in [4.69, 9.17) is 0 Å². The molecule has 2 amide bonds. The predicted molar refractivity (Wildman–Crippen MR) is 85.7 cm³/mol. The van der Waals surface area contributed by atoms with E-state index < -0.39 is 11.8 Å². The van der Waals surface area contributed by atoms with Crippen LogP contribution in [0.2, 0.25) is 0 Å². The SMILES string of the molecule is C[NH+](C)CCCNC(=O)C(=O)Nc1cccc2ncccc12. The molecule has 1 aromatic carbocycles. The summed E-state index contributed by atoms with van der Waals surface area (Å²) in [5.41, 5.74) is 1.36. The smallest absolute Gasteiger partial charge is 0.313 e. The molecule has 0 saturated carbocycles. The van der Waals surface area contributed by atoms with Gasteiger partial charge in [0.15, 0.2) is 0 Å². The molecule has 2 aromatic rings. The Morgan fingerprint density at radius 3 is 2.73 bits per heavy atom. The number of pyridine rings is 1. The first kappa shape index (κ1) is 15.9. The van der Waals surface area contributed by atoms with Gasteiger partial charge < -0.3 is 15.5 Å². The van der Waals surface area contributed by atoms with Gasteiger partial charge in [0.25, 0.3) is 0 Å². The summed E-state index contributed by atoms with van der Waals surface area (Å²) in [4.78, 5) is 29.2. The number of carbonyl (C=O) groups is 2. The standard InChI is InChI=1S/C16H20N4O2/c1-20(2)11-5-10-18-15(21)16(22)19-14-8-3-7-13-12(14)6-4-9-17-13/h3-4,6-9H,5,10-11H2,1-2H3,(H,18,21)(H,19,22)/p+1. The average Bonchev–Trinajstić information content (AvgIpc) is 2.51. The third-order valence-electron chi connectivity index (χ3n) is 3.24. The van der Waals surface area contributed by atoms with E-state index in [0.29, 0.717) is 12.2 Å². The van der Waals surface area contributed by atoms with E-state index >= 15 is 0 Å². The maximum atomic E-state index is 11.9. The number of benzene rings is 1. The number of nitrogens with zero attached hydrogens (tertiary/aromatic N) is 1. The van der Waals surface area contributed by atoms with Gasteiger partial charge in [-0.1, -0.05) is 6.07 Å². The lowest BCUT2D eigenvalue weighted by Crippen LogP contribution is -3.05. The zero-order chi connectivity index (χ0) is 15.9. The first-order chi connectivity index (χ1) is 10.6. The molecule has 0 atom stereocenters. The molecule has 0 aliphatic rings.